The van der Waals surface area contributed by atoms with Crippen LogP contribution in [0.5, 0.6) is 0 Å². The van der Waals surface area contributed by atoms with Gasteiger partial charge in [-0.1, -0.05) is 48.5 Å². The van der Waals surface area contributed by atoms with Crippen molar-refractivity contribution < 1.29 is 9.59 Å². The smallest absolute Gasteiger partial charge is 0.251 e. The Balaban J connectivity index is 1.84. The predicted molar refractivity (Wildman–Crippen MR) is 105 cm³/mol. The zero-order valence-electron chi connectivity index (χ0n) is 15.2. The van der Waals surface area contributed by atoms with E-state index in [0.29, 0.717) is 11.3 Å². The summed E-state index contributed by atoms with van der Waals surface area (Å²) in [6, 6.07) is 19.4. The van der Waals surface area contributed by atoms with Crippen molar-refractivity contribution in [1.29, 1.82) is 0 Å². The molecule has 0 fully saturated rings. The molecule has 26 heavy (non-hydrogen) atoms. The first kappa shape index (κ1) is 17.7. The van der Waals surface area contributed by atoms with Gasteiger partial charge < -0.3 is 10.6 Å². The Labute approximate surface area is 153 Å². The normalized spacial score (nSPS) is 11.8. The number of rotatable bonds is 4. The summed E-state index contributed by atoms with van der Waals surface area (Å²) in [5.74, 6) is -0.327. The number of benzene rings is 3. The molecule has 4 heteroatoms. The van der Waals surface area contributed by atoms with Crippen LogP contribution in [0, 0.1) is 6.92 Å². The van der Waals surface area contributed by atoms with E-state index in [1.807, 2.05) is 44.2 Å². The van der Waals surface area contributed by atoms with Gasteiger partial charge in [-0.3, -0.25) is 9.59 Å². The van der Waals surface area contributed by atoms with E-state index >= 15 is 0 Å². The summed E-state index contributed by atoms with van der Waals surface area (Å²) in [7, 11) is 0. The lowest BCUT2D eigenvalue weighted by molar-refractivity contribution is -0.114. The molecule has 2 amide bonds. The quantitative estimate of drug-likeness (QED) is 0.725. The highest BCUT2D eigenvalue weighted by Gasteiger charge is 2.14. The number of fused-ring (bicyclic) bond motifs is 1. The summed E-state index contributed by atoms with van der Waals surface area (Å²) in [5.41, 5.74) is 3.17. The highest BCUT2D eigenvalue weighted by molar-refractivity contribution is 5.98. The van der Waals surface area contributed by atoms with Crippen molar-refractivity contribution in [3.63, 3.8) is 0 Å². The molecule has 0 aliphatic heterocycles. The first-order valence-electron chi connectivity index (χ1n) is 8.62. The highest BCUT2D eigenvalue weighted by atomic mass is 16.2. The molecule has 0 radical (unpaired) electrons. The van der Waals surface area contributed by atoms with Crippen molar-refractivity contribution in [1.82, 2.24) is 5.32 Å². The number of nitrogens with one attached hydrogen (secondary N) is 2. The number of hydrogen-bond acceptors (Lipinski definition) is 2. The summed E-state index contributed by atoms with van der Waals surface area (Å²) < 4.78 is 0. The van der Waals surface area contributed by atoms with E-state index in [-0.39, 0.29) is 17.9 Å². The van der Waals surface area contributed by atoms with Crippen LogP contribution in [0.25, 0.3) is 10.8 Å². The van der Waals surface area contributed by atoms with Crippen LogP contribution in [-0.2, 0) is 4.79 Å². The van der Waals surface area contributed by atoms with E-state index in [1.54, 1.807) is 12.1 Å². The molecule has 3 aromatic rings. The highest BCUT2D eigenvalue weighted by Crippen LogP contribution is 2.24. The van der Waals surface area contributed by atoms with E-state index in [1.165, 1.54) is 6.92 Å². The summed E-state index contributed by atoms with van der Waals surface area (Å²) >= 11 is 0. The van der Waals surface area contributed by atoms with Gasteiger partial charge in [0.05, 0.1) is 6.04 Å². The molecule has 0 unspecified atom stereocenters. The Morgan fingerprint density at radius 1 is 0.962 bits per heavy atom. The molecule has 4 nitrogen and oxygen atoms in total. The maximum atomic E-state index is 12.7. The predicted octanol–water partition coefficient (Wildman–Crippen LogP) is 4.60. The molecule has 0 aliphatic carbocycles. The van der Waals surface area contributed by atoms with Crippen molar-refractivity contribution >= 4 is 28.3 Å². The van der Waals surface area contributed by atoms with Gasteiger partial charge in [-0.15, -0.1) is 0 Å². The van der Waals surface area contributed by atoms with Crippen molar-refractivity contribution in [3.05, 3.63) is 77.4 Å². The number of carbonyl (C=O) groups excluding carboxylic acids is 2. The number of amides is 2. The third-order valence-electron chi connectivity index (χ3n) is 4.45. The fourth-order valence-electron chi connectivity index (χ4n) is 3.07. The summed E-state index contributed by atoms with van der Waals surface area (Å²) in [6.45, 7) is 5.32. The van der Waals surface area contributed by atoms with Crippen LogP contribution in [0.1, 0.15) is 41.4 Å². The molecule has 132 valence electrons. The van der Waals surface area contributed by atoms with E-state index in [0.717, 1.165) is 21.9 Å². The summed E-state index contributed by atoms with van der Waals surface area (Å²) in [5, 5.41) is 8.09. The fraction of sp³-hybridized carbons (Fsp3) is 0.182. The monoisotopic (exact) mass is 346 g/mol. The van der Waals surface area contributed by atoms with Gasteiger partial charge in [0.25, 0.3) is 5.91 Å². The van der Waals surface area contributed by atoms with Crippen molar-refractivity contribution in [2.24, 2.45) is 0 Å². The zero-order valence-corrected chi connectivity index (χ0v) is 15.2. The third-order valence-corrected chi connectivity index (χ3v) is 4.45. The lowest BCUT2D eigenvalue weighted by Gasteiger charge is -2.17. The Morgan fingerprint density at radius 2 is 1.69 bits per heavy atom. The van der Waals surface area contributed by atoms with Crippen LogP contribution in [0.15, 0.2) is 60.7 Å². The van der Waals surface area contributed by atoms with Gasteiger partial charge in [0.1, 0.15) is 0 Å². The number of carbonyl (C=O) groups is 2. The average molecular weight is 346 g/mol. The van der Waals surface area contributed by atoms with Crippen molar-refractivity contribution in [2.45, 2.75) is 26.8 Å². The van der Waals surface area contributed by atoms with Gasteiger partial charge >= 0.3 is 0 Å². The molecule has 0 bridgehead atoms. The van der Waals surface area contributed by atoms with E-state index in [4.69, 9.17) is 0 Å². The fourth-order valence-corrected chi connectivity index (χ4v) is 3.07. The maximum Gasteiger partial charge on any atom is 0.251 e. The Hall–Kier alpha value is -3.14. The lowest BCUT2D eigenvalue weighted by atomic mass is 9.99. The number of hydrogen-bond donors (Lipinski definition) is 2. The van der Waals surface area contributed by atoms with Gasteiger partial charge in [-0.05, 0) is 47.9 Å². The number of anilines is 1. The largest absolute Gasteiger partial charge is 0.345 e. The molecule has 0 aliphatic rings. The van der Waals surface area contributed by atoms with Gasteiger partial charge in [0, 0.05) is 18.2 Å². The zero-order chi connectivity index (χ0) is 18.7. The lowest BCUT2D eigenvalue weighted by Crippen LogP contribution is -2.27. The van der Waals surface area contributed by atoms with Gasteiger partial charge in [0.2, 0.25) is 5.91 Å². The SMILES string of the molecule is CC(=O)Nc1cc(C(=O)N[C@H](C)c2cccc3ccccc23)ccc1C. The molecule has 0 heterocycles. The molecule has 0 saturated heterocycles. The Kier molecular flexibility index (Phi) is 5.03. The number of aryl methyl sites for hydroxylation is 1. The molecular formula is C22H22N2O2. The van der Waals surface area contributed by atoms with Crippen LogP contribution in [0.3, 0.4) is 0 Å². The van der Waals surface area contributed by atoms with Gasteiger partial charge in [-0.25, -0.2) is 0 Å². The van der Waals surface area contributed by atoms with Crippen LogP contribution in [-0.4, -0.2) is 11.8 Å². The average Bonchev–Trinajstić information content (AvgIpc) is 2.62. The van der Waals surface area contributed by atoms with Crippen molar-refractivity contribution in [2.75, 3.05) is 5.32 Å². The second-order valence-corrected chi connectivity index (χ2v) is 6.47. The molecular weight excluding hydrogens is 324 g/mol. The molecule has 1 atom stereocenters. The van der Waals surface area contributed by atoms with E-state index in [2.05, 4.69) is 28.8 Å². The molecule has 3 aromatic carbocycles. The minimum Gasteiger partial charge on any atom is -0.345 e. The standard InChI is InChI=1S/C22H22N2O2/c1-14-11-12-18(13-21(14)24-16(3)25)22(26)23-15(2)19-10-6-8-17-7-4-5-9-20(17)19/h4-13,15H,1-3H3,(H,23,26)(H,24,25)/t15-/m1/s1. The maximum absolute atomic E-state index is 12.7. The van der Waals surface area contributed by atoms with E-state index in [9.17, 15) is 9.59 Å². The van der Waals surface area contributed by atoms with Crippen LogP contribution < -0.4 is 10.6 Å². The van der Waals surface area contributed by atoms with Gasteiger partial charge in [-0.2, -0.15) is 0 Å². The van der Waals surface area contributed by atoms with Crippen molar-refractivity contribution in [3.8, 4) is 0 Å². The minimum absolute atomic E-state index is 0.140. The Morgan fingerprint density at radius 3 is 2.46 bits per heavy atom. The first-order chi connectivity index (χ1) is 12.5. The topological polar surface area (TPSA) is 58.2 Å². The molecule has 3 rings (SSSR count). The summed E-state index contributed by atoms with van der Waals surface area (Å²) in [4.78, 5) is 24.0. The second kappa shape index (κ2) is 7.40. The molecule has 0 spiro atoms. The van der Waals surface area contributed by atoms with E-state index < -0.39 is 0 Å². The Bertz CT molecular complexity index is 974. The first-order valence-corrected chi connectivity index (χ1v) is 8.62. The van der Waals surface area contributed by atoms with Crippen LogP contribution >= 0.6 is 0 Å². The van der Waals surface area contributed by atoms with Crippen LogP contribution in [0.4, 0.5) is 5.69 Å². The van der Waals surface area contributed by atoms with Gasteiger partial charge in [0.15, 0.2) is 0 Å². The molecule has 0 saturated carbocycles. The van der Waals surface area contributed by atoms with Crippen LogP contribution in [0.2, 0.25) is 0 Å². The minimum atomic E-state index is -0.169. The molecule has 2 N–H and O–H groups in total. The molecule has 0 aromatic heterocycles. The third kappa shape index (κ3) is 3.75. The summed E-state index contributed by atoms with van der Waals surface area (Å²) in [6.07, 6.45) is 0. The second-order valence-electron chi connectivity index (χ2n) is 6.47.